The molecule has 1 aromatic heterocycles. The number of aromatic nitrogens is 1. The zero-order valence-electron chi connectivity index (χ0n) is 11.2. The number of fused-ring (bicyclic) bond motifs is 1. The summed E-state index contributed by atoms with van der Waals surface area (Å²) in [6, 6.07) is 17.7. The Labute approximate surface area is 117 Å². The van der Waals surface area contributed by atoms with Gasteiger partial charge in [0.05, 0.1) is 17.9 Å². The summed E-state index contributed by atoms with van der Waals surface area (Å²) in [5, 5.41) is 5.63. The maximum absolute atomic E-state index is 13.0. The molecule has 1 N–H and O–H groups in total. The third kappa shape index (κ3) is 2.40. The minimum absolute atomic E-state index is 0.0415. The maximum Gasteiger partial charge on any atom is 0.141 e. The van der Waals surface area contributed by atoms with Gasteiger partial charge in [-0.3, -0.25) is 4.98 Å². The smallest absolute Gasteiger partial charge is 0.141 e. The summed E-state index contributed by atoms with van der Waals surface area (Å²) >= 11 is 0. The lowest BCUT2D eigenvalue weighted by Gasteiger charge is -2.16. The first-order valence-electron chi connectivity index (χ1n) is 6.55. The molecule has 1 unspecified atom stereocenters. The van der Waals surface area contributed by atoms with Crippen molar-refractivity contribution in [3.8, 4) is 0 Å². The van der Waals surface area contributed by atoms with E-state index in [4.69, 9.17) is 0 Å². The van der Waals surface area contributed by atoms with Crippen molar-refractivity contribution in [2.45, 2.75) is 6.04 Å². The van der Waals surface area contributed by atoms with Crippen molar-refractivity contribution in [1.82, 2.24) is 10.3 Å². The van der Waals surface area contributed by atoms with Crippen LogP contribution in [0.25, 0.3) is 10.8 Å². The highest BCUT2D eigenvalue weighted by Crippen LogP contribution is 2.24. The maximum atomic E-state index is 13.0. The van der Waals surface area contributed by atoms with E-state index in [0.717, 1.165) is 11.3 Å². The van der Waals surface area contributed by atoms with Gasteiger partial charge in [0.2, 0.25) is 0 Å². The van der Waals surface area contributed by atoms with Crippen LogP contribution in [0.15, 0.2) is 60.8 Å². The molecular formula is C17H15FN2. The van der Waals surface area contributed by atoms with E-state index >= 15 is 0 Å². The monoisotopic (exact) mass is 266 g/mol. The van der Waals surface area contributed by atoms with E-state index in [1.807, 2.05) is 19.2 Å². The first kappa shape index (κ1) is 12.8. The van der Waals surface area contributed by atoms with Crippen LogP contribution in [0, 0.1) is 5.82 Å². The van der Waals surface area contributed by atoms with Crippen molar-refractivity contribution in [3.63, 3.8) is 0 Å². The van der Waals surface area contributed by atoms with Gasteiger partial charge in [0.1, 0.15) is 5.82 Å². The van der Waals surface area contributed by atoms with E-state index in [0.29, 0.717) is 0 Å². The van der Waals surface area contributed by atoms with Crippen LogP contribution in [0.1, 0.15) is 17.3 Å². The Bertz CT molecular complexity index is 722. The van der Waals surface area contributed by atoms with Gasteiger partial charge in [-0.2, -0.15) is 0 Å². The lowest BCUT2D eigenvalue weighted by Crippen LogP contribution is -2.18. The van der Waals surface area contributed by atoms with Crippen molar-refractivity contribution < 1.29 is 4.39 Å². The van der Waals surface area contributed by atoms with Crippen LogP contribution >= 0.6 is 0 Å². The van der Waals surface area contributed by atoms with Gasteiger partial charge in [-0.05, 0) is 41.6 Å². The molecular weight excluding hydrogens is 251 g/mol. The lowest BCUT2D eigenvalue weighted by molar-refractivity contribution is 0.610. The van der Waals surface area contributed by atoms with Gasteiger partial charge in [-0.15, -0.1) is 0 Å². The first-order chi connectivity index (χ1) is 9.78. The van der Waals surface area contributed by atoms with E-state index in [1.54, 1.807) is 6.07 Å². The molecule has 0 saturated heterocycles. The molecule has 1 atom stereocenters. The van der Waals surface area contributed by atoms with Crippen molar-refractivity contribution in [2.75, 3.05) is 7.05 Å². The molecule has 0 aliphatic heterocycles. The normalized spacial score (nSPS) is 12.5. The number of hydrogen-bond donors (Lipinski definition) is 1. The Morgan fingerprint density at radius 2 is 1.80 bits per heavy atom. The van der Waals surface area contributed by atoms with Gasteiger partial charge in [-0.1, -0.05) is 36.4 Å². The Hall–Kier alpha value is -2.26. The highest BCUT2D eigenvalue weighted by molar-refractivity contribution is 5.83. The van der Waals surface area contributed by atoms with Crippen molar-refractivity contribution in [2.24, 2.45) is 0 Å². The number of nitrogens with one attached hydrogen (secondary N) is 1. The number of benzene rings is 2. The van der Waals surface area contributed by atoms with Gasteiger partial charge in [0.15, 0.2) is 0 Å². The van der Waals surface area contributed by atoms with Crippen molar-refractivity contribution in [3.05, 3.63) is 77.9 Å². The summed E-state index contributed by atoms with van der Waals surface area (Å²) in [5.41, 5.74) is 1.93. The van der Waals surface area contributed by atoms with E-state index in [1.165, 1.54) is 23.0 Å². The molecule has 0 spiro atoms. The third-order valence-corrected chi connectivity index (χ3v) is 3.44. The Morgan fingerprint density at radius 3 is 2.50 bits per heavy atom. The highest BCUT2D eigenvalue weighted by Gasteiger charge is 2.13. The standard InChI is InChI=1S/C17H15FN2/c1-19-17(16-9-8-15(18)11-20-16)14-7-6-12-4-2-3-5-13(12)10-14/h2-11,17,19H,1H3. The SMILES string of the molecule is CNC(c1ccc2ccccc2c1)c1ccc(F)cn1. The fraction of sp³-hybridized carbons (Fsp3) is 0.118. The quantitative estimate of drug-likeness (QED) is 0.782. The van der Waals surface area contributed by atoms with Crippen molar-refractivity contribution in [1.29, 1.82) is 0 Å². The number of nitrogens with zero attached hydrogens (tertiary/aromatic N) is 1. The molecule has 2 nitrogen and oxygen atoms in total. The molecule has 3 heteroatoms. The number of rotatable bonds is 3. The summed E-state index contributed by atoms with van der Waals surface area (Å²) in [6.07, 6.45) is 1.25. The van der Waals surface area contributed by atoms with Crippen molar-refractivity contribution >= 4 is 10.8 Å². The average Bonchev–Trinajstić information content (AvgIpc) is 2.50. The van der Waals surface area contributed by atoms with Gasteiger partial charge >= 0.3 is 0 Å². The van der Waals surface area contributed by atoms with E-state index in [9.17, 15) is 4.39 Å². The summed E-state index contributed by atoms with van der Waals surface area (Å²) in [4.78, 5) is 4.17. The van der Waals surface area contributed by atoms with Crippen LogP contribution in [-0.2, 0) is 0 Å². The van der Waals surface area contributed by atoms with E-state index < -0.39 is 0 Å². The van der Waals surface area contributed by atoms with Crippen LogP contribution in [-0.4, -0.2) is 12.0 Å². The van der Waals surface area contributed by atoms with E-state index in [-0.39, 0.29) is 11.9 Å². The molecule has 0 saturated carbocycles. The fourth-order valence-electron chi connectivity index (χ4n) is 2.43. The fourth-order valence-corrected chi connectivity index (χ4v) is 2.43. The zero-order chi connectivity index (χ0) is 13.9. The second-order valence-corrected chi connectivity index (χ2v) is 4.73. The Morgan fingerprint density at radius 1 is 1.00 bits per heavy atom. The molecule has 0 fully saturated rings. The predicted molar refractivity (Wildman–Crippen MR) is 79.0 cm³/mol. The van der Waals surface area contributed by atoms with Gasteiger partial charge in [-0.25, -0.2) is 4.39 Å². The molecule has 20 heavy (non-hydrogen) atoms. The Balaban J connectivity index is 2.04. The largest absolute Gasteiger partial charge is 0.308 e. The Kier molecular flexibility index (Phi) is 3.44. The molecule has 100 valence electrons. The summed E-state index contributed by atoms with van der Waals surface area (Å²) in [5.74, 6) is -0.317. The average molecular weight is 266 g/mol. The molecule has 0 amide bonds. The van der Waals surface area contributed by atoms with Gasteiger partial charge in [0, 0.05) is 0 Å². The van der Waals surface area contributed by atoms with E-state index in [2.05, 4.69) is 40.6 Å². The molecule has 3 rings (SSSR count). The topological polar surface area (TPSA) is 24.9 Å². The summed E-state index contributed by atoms with van der Waals surface area (Å²) in [7, 11) is 1.88. The van der Waals surface area contributed by atoms with Crippen LogP contribution in [0.4, 0.5) is 4.39 Å². The summed E-state index contributed by atoms with van der Waals surface area (Å²) in [6.45, 7) is 0. The van der Waals surface area contributed by atoms with Gasteiger partial charge < -0.3 is 5.32 Å². The number of pyridine rings is 1. The lowest BCUT2D eigenvalue weighted by atomic mass is 9.99. The minimum atomic E-state index is -0.317. The minimum Gasteiger partial charge on any atom is -0.308 e. The second-order valence-electron chi connectivity index (χ2n) is 4.73. The third-order valence-electron chi connectivity index (χ3n) is 3.44. The van der Waals surface area contributed by atoms with Crippen LogP contribution in [0.2, 0.25) is 0 Å². The number of halogens is 1. The molecule has 1 heterocycles. The molecule has 0 aliphatic carbocycles. The second kappa shape index (κ2) is 5.39. The summed E-state index contributed by atoms with van der Waals surface area (Å²) < 4.78 is 13.0. The molecule has 0 radical (unpaired) electrons. The predicted octanol–water partition coefficient (Wildman–Crippen LogP) is 3.68. The van der Waals surface area contributed by atoms with Gasteiger partial charge in [0.25, 0.3) is 0 Å². The van der Waals surface area contributed by atoms with Crippen LogP contribution in [0.5, 0.6) is 0 Å². The highest BCUT2D eigenvalue weighted by atomic mass is 19.1. The first-order valence-corrected chi connectivity index (χ1v) is 6.55. The molecule has 2 aromatic carbocycles. The molecule has 0 bridgehead atoms. The van der Waals surface area contributed by atoms with Crippen LogP contribution in [0.3, 0.4) is 0 Å². The molecule has 0 aliphatic rings. The number of hydrogen-bond acceptors (Lipinski definition) is 2. The molecule has 3 aromatic rings. The van der Waals surface area contributed by atoms with Crippen LogP contribution < -0.4 is 5.32 Å². The zero-order valence-corrected chi connectivity index (χ0v) is 11.2.